The van der Waals surface area contributed by atoms with Crippen LogP contribution in [0.3, 0.4) is 0 Å². The van der Waals surface area contributed by atoms with E-state index in [0.29, 0.717) is 5.56 Å². The molecule has 52 heavy (non-hydrogen) atoms. The van der Waals surface area contributed by atoms with Crippen LogP contribution in [0, 0.1) is 11.8 Å². The van der Waals surface area contributed by atoms with Crippen LogP contribution in [0.15, 0.2) is 30.3 Å². The summed E-state index contributed by atoms with van der Waals surface area (Å²) in [5.74, 6) is -7.75. The summed E-state index contributed by atoms with van der Waals surface area (Å²) in [4.78, 5) is 101. The standard InChI is InChI=1S/C33H53N9O10/c1-16(2)27(29(37)48)42-33(52)28(17(3)4)41-26(47)14-23(44)21(12-18-8-6-5-7-9-18)39-32(51)22(13-25(36)46)40-31(50)20(10-11-24(35)45)38-30(49)19(34)15-43/h5-9,16-17,19-23,27-28,43-44H,10-15,34H2,1-4H3,(H2,35,45)(H2,36,46)(H2,37,48)(H,38,49)(H,39,51)(H,40,50)(H,41,47)(H,42,52)/t19-,20-,21?,22-,23?,27?,28?/m0/s1. The number of hydrogen-bond donors (Lipinski definition) is 11. The minimum Gasteiger partial charge on any atom is -0.394 e. The van der Waals surface area contributed by atoms with Gasteiger partial charge < -0.3 is 59.7 Å². The maximum absolute atomic E-state index is 13.6. The molecule has 1 aromatic rings. The first-order valence-electron chi connectivity index (χ1n) is 16.7. The average Bonchev–Trinajstić information content (AvgIpc) is 3.06. The summed E-state index contributed by atoms with van der Waals surface area (Å²) in [6.07, 6.45) is -3.64. The molecule has 8 amide bonds. The molecule has 4 unspecified atom stereocenters. The van der Waals surface area contributed by atoms with Crippen molar-refractivity contribution >= 4 is 47.3 Å². The van der Waals surface area contributed by atoms with Crippen molar-refractivity contribution in [2.24, 2.45) is 34.8 Å². The molecule has 290 valence electrons. The van der Waals surface area contributed by atoms with Crippen LogP contribution in [0.25, 0.3) is 0 Å². The molecule has 0 heterocycles. The van der Waals surface area contributed by atoms with Crippen molar-refractivity contribution in [3.05, 3.63) is 35.9 Å². The molecule has 0 aliphatic rings. The molecular formula is C33H53N9O10. The molecule has 0 spiro atoms. The van der Waals surface area contributed by atoms with Gasteiger partial charge in [0.25, 0.3) is 0 Å². The monoisotopic (exact) mass is 735 g/mol. The number of rotatable bonds is 23. The van der Waals surface area contributed by atoms with E-state index in [0.717, 1.165) is 0 Å². The van der Waals surface area contributed by atoms with Crippen molar-refractivity contribution in [3.8, 4) is 0 Å². The van der Waals surface area contributed by atoms with Gasteiger partial charge in [-0.2, -0.15) is 0 Å². The van der Waals surface area contributed by atoms with Gasteiger partial charge in [0.15, 0.2) is 0 Å². The maximum atomic E-state index is 13.6. The molecule has 0 aliphatic carbocycles. The van der Waals surface area contributed by atoms with Gasteiger partial charge in [0.2, 0.25) is 47.3 Å². The largest absolute Gasteiger partial charge is 0.394 e. The zero-order valence-corrected chi connectivity index (χ0v) is 29.8. The van der Waals surface area contributed by atoms with E-state index in [1.165, 1.54) is 0 Å². The number of amides is 8. The van der Waals surface area contributed by atoms with Crippen LogP contribution >= 0.6 is 0 Å². The lowest BCUT2D eigenvalue weighted by atomic mass is 9.97. The number of aliphatic hydroxyl groups excluding tert-OH is 2. The molecule has 19 heteroatoms. The molecule has 0 saturated heterocycles. The number of aliphatic hydroxyl groups is 2. The van der Waals surface area contributed by atoms with Gasteiger partial charge in [0.1, 0.15) is 30.2 Å². The summed E-state index contributed by atoms with van der Waals surface area (Å²) in [6, 6.07) is 0.675. The SMILES string of the molecule is CC(C)C(NC(=O)C(NC(=O)CC(O)C(Cc1ccccc1)NC(=O)[C@H](CC(N)=O)NC(=O)[C@H](CCC(N)=O)NC(=O)[C@@H](N)CO)C(C)C)C(N)=O. The van der Waals surface area contributed by atoms with E-state index in [1.807, 2.05) is 0 Å². The molecule has 0 radical (unpaired) electrons. The first-order valence-corrected chi connectivity index (χ1v) is 16.7. The van der Waals surface area contributed by atoms with Crippen LogP contribution in [0.2, 0.25) is 0 Å². The molecule has 1 aromatic carbocycles. The second-order valence-electron chi connectivity index (χ2n) is 13.1. The highest BCUT2D eigenvalue weighted by atomic mass is 16.3. The van der Waals surface area contributed by atoms with E-state index in [2.05, 4.69) is 26.6 Å². The normalized spacial score (nSPS) is 15.2. The van der Waals surface area contributed by atoms with E-state index in [1.54, 1.807) is 58.0 Å². The van der Waals surface area contributed by atoms with Gasteiger partial charge in [0.05, 0.1) is 31.6 Å². The van der Waals surface area contributed by atoms with E-state index in [9.17, 15) is 48.6 Å². The Labute approximate surface area is 301 Å². The maximum Gasteiger partial charge on any atom is 0.243 e. The molecule has 0 saturated carbocycles. The molecule has 15 N–H and O–H groups in total. The summed E-state index contributed by atoms with van der Waals surface area (Å²) in [5, 5.41) is 32.7. The highest BCUT2D eigenvalue weighted by molar-refractivity contribution is 5.95. The fourth-order valence-electron chi connectivity index (χ4n) is 4.94. The average molecular weight is 736 g/mol. The Morgan fingerprint density at radius 1 is 0.673 bits per heavy atom. The number of nitrogens with two attached hydrogens (primary N) is 4. The predicted molar refractivity (Wildman–Crippen MR) is 187 cm³/mol. The van der Waals surface area contributed by atoms with E-state index in [-0.39, 0.29) is 25.2 Å². The van der Waals surface area contributed by atoms with Crippen LogP contribution in [0.4, 0.5) is 0 Å². The first-order chi connectivity index (χ1) is 24.3. The number of carbonyl (C=O) groups excluding carboxylic acids is 8. The lowest BCUT2D eigenvalue weighted by Gasteiger charge is -2.29. The number of nitrogens with one attached hydrogen (secondary N) is 5. The van der Waals surface area contributed by atoms with E-state index < -0.39 is 115 Å². The summed E-state index contributed by atoms with van der Waals surface area (Å²) in [6.45, 7) is 5.93. The molecular weight excluding hydrogens is 682 g/mol. The Kier molecular flexibility index (Phi) is 18.9. The Bertz CT molecular complexity index is 1410. The van der Waals surface area contributed by atoms with Crippen molar-refractivity contribution in [2.75, 3.05) is 6.61 Å². The second-order valence-corrected chi connectivity index (χ2v) is 13.1. The third-order valence-corrected chi connectivity index (χ3v) is 7.91. The highest BCUT2D eigenvalue weighted by Gasteiger charge is 2.34. The Morgan fingerprint density at radius 3 is 1.73 bits per heavy atom. The fourth-order valence-corrected chi connectivity index (χ4v) is 4.94. The quantitative estimate of drug-likeness (QED) is 0.0510. The van der Waals surface area contributed by atoms with Gasteiger partial charge in [-0.15, -0.1) is 0 Å². The lowest BCUT2D eigenvalue weighted by Crippen LogP contribution is -2.59. The minimum absolute atomic E-state index is 0.0304. The minimum atomic E-state index is -1.66. The Balaban J connectivity index is 3.28. The summed E-state index contributed by atoms with van der Waals surface area (Å²) in [5.41, 5.74) is 22.1. The molecule has 0 bridgehead atoms. The molecule has 1 rings (SSSR count). The fraction of sp³-hybridized carbons (Fsp3) is 0.576. The van der Waals surface area contributed by atoms with Gasteiger partial charge in [-0.25, -0.2) is 0 Å². The van der Waals surface area contributed by atoms with Crippen molar-refractivity contribution in [3.63, 3.8) is 0 Å². The van der Waals surface area contributed by atoms with Crippen LogP contribution in [-0.2, 0) is 44.8 Å². The Hall–Kier alpha value is -5.14. The van der Waals surface area contributed by atoms with Gasteiger partial charge in [-0.3, -0.25) is 38.4 Å². The zero-order valence-electron chi connectivity index (χ0n) is 29.8. The van der Waals surface area contributed by atoms with Crippen molar-refractivity contribution < 1.29 is 48.6 Å². The van der Waals surface area contributed by atoms with Crippen molar-refractivity contribution in [2.45, 2.75) is 102 Å². The first kappa shape index (κ1) is 44.9. The molecule has 0 fully saturated rings. The lowest BCUT2D eigenvalue weighted by molar-refractivity contribution is -0.135. The van der Waals surface area contributed by atoms with Crippen LogP contribution in [0.1, 0.15) is 58.9 Å². The number of carbonyl (C=O) groups is 8. The van der Waals surface area contributed by atoms with Gasteiger partial charge >= 0.3 is 0 Å². The van der Waals surface area contributed by atoms with Crippen LogP contribution < -0.4 is 49.5 Å². The van der Waals surface area contributed by atoms with E-state index >= 15 is 0 Å². The molecule has 0 aliphatic heterocycles. The van der Waals surface area contributed by atoms with Crippen molar-refractivity contribution in [1.82, 2.24) is 26.6 Å². The van der Waals surface area contributed by atoms with Crippen molar-refractivity contribution in [1.29, 1.82) is 0 Å². The van der Waals surface area contributed by atoms with Crippen LogP contribution in [0.5, 0.6) is 0 Å². The molecule has 7 atom stereocenters. The van der Waals surface area contributed by atoms with Gasteiger partial charge in [-0.05, 0) is 30.2 Å². The zero-order chi connectivity index (χ0) is 39.7. The summed E-state index contributed by atoms with van der Waals surface area (Å²) in [7, 11) is 0. The number of hydrogen-bond acceptors (Lipinski definition) is 11. The highest BCUT2D eigenvalue weighted by Crippen LogP contribution is 2.12. The van der Waals surface area contributed by atoms with Crippen LogP contribution in [-0.4, -0.2) is 106 Å². The van der Waals surface area contributed by atoms with Gasteiger partial charge in [-0.1, -0.05) is 58.0 Å². The third kappa shape index (κ3) is 15.8. The number of primary amides is 3. The summed E-state index contributed by atoms with van der Waals surface area (Å²) >= 11 is 0. The topological polar surface area (TPSA) is 341 Å². The molecule has 19 nitrogen and oxygen atoms in total. The Morgan fingerprint density at radius 2 is 1.23 bits per heavy atom. The molecule has 0 aromatic heterocycles. The third-order valence-electron chi connectivity index (χ3n) is 7.91. The smallest absolute Gasteiger partial charge is 0.243 e. The van der Waals surface area contributed by atoms with Gasteiger partial charge in [0, 0.05) is 6.42 Å². The van der Waals surface area contributed by atoms with E-state index in [4.69, 9.17) is 22.9 Å². The predicted octanol–water partition coefficient (Wildman–Crippen LogP) is -4.34. The number of benzene rings is 1. The second kappa shape index (κ2) is 21.9. The summed E-state index contributed by atoms with van der Waals surface area (Å²) < 4.78 is 0.